The molecule has 0 spiro atoms. The standard InChI is InChI=1S/C14H27N3O2.HI/c1-10(2)6-7-16-14(15-4)17-8-11(3)12(9-17)13(18)19-5;/h10-12H,6-9H2,1-5H3,(H,15,16);1H. The molecule has 5 nitrogen and oxygen atoms in total. The predicted octanol–water partition coefficient (Wildman–Crippen LogP) is 1.97. The Morgan fingerprint density at radius 3 is 2.60 bits per heavy atom. The van der Waals surface area contributed by atoms with Crippen LogP contribution in [0.4, 0.5) is 0 Å². The number of esters is 1. The highest BCUT2D eigenvalue weighted by molar-refractivity contribution is 14.0. The average molecular weight is 397 g/mol. The predicted molar refractivity (Wildman–Crippen MR) is 92.5 cm³/mol. The monoisotopic (exact) mass is 397 g/mol. The number of hydrogen-bond acceptors (Lipinski definition) is 3. The molecule has 1 aliphatic heterocycles. The molecule has 1 heterocycles. The van der Waals surface area contributed by atoms with Gasteiger partial charge in [-0.25, -0.2) is 0 Å². The van der Waals surface area contributed by atoms with Gasteiger partial charge in [-0.3, -0.25) is 9.79 Å². The van der Waals surface area contributed by atoms with E-state index in [0.29, 0.717) is 18.4 Å². The van der Waals surface area contributed by atoms with Gasteiger partial charge in [-0.05, 0) is 18.3 Å². The van der Waals surface area contributed by atoms with Gasteiger partial charge in [-0.1, -0.05) is 20.8 Å². The summed E-state index contributed by atoms with van der Waals surface area (Å²) < 4.78 is 4.85. The molecule has 0 saturated carbocycles. The van der Waals surface area contributed by atoms with E-state index >= 15 is 0 Å². The van der Waals surface area contributed by atoms with Gasteiger partial charge in [-0.15, -0.1) is 24.0 Å². The molecule has 0 bridgehead atoms. The first kappa shape index (κ1) is 19.5. The summed E-state index contributed by atoms with van der Waals surface area (Å²) >= 11 is 0. The van der Waals surface area contributed by atoms with E-state index in [9.17, 15) is 4.79 Å². The van der Waals surface area contributed by atoms with Crippen LogP contribution in [0.2, 0.25) is 0 Å². The Morgan fingerprint density at radius 1 is 1.45 bits per heavy atom. The first-order chi connectivity index (χ1) is 8.99. The molecule has 20 heavy (non-hydrogen) atoms. The number of rotatable bonds is 4. The zero-order valence-corrected chi connectivity index (χ0v) is 15.5. The normalized spacial score (nSPS) is 22.7. The van der Waals surface area contributed by atoms with Crippen LogP contribution in [0, 0.1) is 17.8 Å². The van der Waals surface area contributed by atoms with Gasteiger partial charge in [0.25, 0.3) is 0 Å². The maximum Gasteiger partial charge on any atom is 0.310 e. The second-order valence-electron chi connectivity index (χ2n) is 5.67. The van der Waals surface area contributed by atoms with Crippen LogP contribution in [0.3, 0.4) is 0 Å². The van der Waals surface area contributed by atoms with Crippen molar-refractivity contribution in [3.8, 4) is 0 Å². The lowest BCUT2D eigenvalue weighted by Crippen LogP contribution is -2.41. The fourth-order valence-corrected chi connectivity index (χ4v) is 2.40. The quantitative estimate of drug-likeness (QED) is 0.341. The van der Waals surface area contributed by atoms with E-state index in [0.717, 1.165) is 25.5 Å². The van der Waals surface area contributed by atoms with Crippen molar-refractivity contribution in [1.82, 2.24) is 10.2 Å². The highest BCUT2D eigenvalue weighted by Gasteiger charge is 2.36. The lowest BCUT2D eigenvalue weighted by atomic mass is 9.99. The van der Waals surface area contributed by atoms with E-state index in [2.05, 4.69) is 36.0 Å². The van der Waals surface area contributed by atoms with E-state index in [1.54, 1.807) is 7.05 Å². The topological polar surface area (TPSA) is 53.9 Å². The summed E-state index contributed by atoms with van der Waals surface area (Å²) in [6.45, 7) is 8.95. The summed E-state index contributed by atoms with van der Waals surface area (Å²) in [5.41, 5.74) is 0. The first-order valence-electron chi connectivity index (χ1n) is 7.03. The average Bonchev–Trinajstić information content (AvgIpc) is 2.75. The number of carbonyl (C=O) groups is 1. The van der Waals surface area contributed by atoms with Crippen molar-refractivity contribution >= 4 is 35.9 Å². The maximum atomic E-state index is 11.7. The molecule has 1 saturated heterocycles. The summed E-state index contributed by atoms with van der Waals surface area (Å²) in [5, 5.41) is 3.36. The molecule has 0 aliphatic carbocycles. The number of hydrogen-bond donors (Lipinski definition) is 1. The third-order valence-corrected chi connectivity index (χ3v) is 3.63. The summed E-state index contributed by atoms with van der Waals surface area (Å²) in [7, 11) is 3.24. The molecular weight excluding hydrogens is 369 g/mol. The van der Waals surface area contributed by atoms with Crippen LogP contribution in [0.15, 0.2) is 4.99 Å². The molecule has 0 aromatic carbocycles. The molecule has 0 aromatic rings. The summed E-state index contributed by atoms with van der Waals surface area (Å²) in [4.78, 5) is 18.1. The van der Waals surface area contributed by atoms with Gasteiger partial charge in [0.1, 0.15) is 0 Å². The molecule has 0 radical (unpaired) electrons. The van der Waals surface area contributed by atoms with E-state index in [4.69, 9.17) is 4.74 Å². The van der Waals surface area contributed by atoms with Gasteiger partial charge in [-0.2, -0.15) is 0 Å². The second kappa shape index (κ2) is 9.41. The summed E-state index contributed by atoms with van der Waals surface area (Å²) in [6.07, 6.45) is 1.11. The number of guanidine groups is 1. The van der Waals surface area contributed by atoms with Crippen molar-refractivity contribution < 1.29 is 9.53 Å². The highest BCUT2D eigenvalue weighted by atomic mass is 127. The minimum Gasteiger partial charge on any atom is -0.469 e. The Bertz CT molecular complexity index is 334. The molecule has 2 unspecified atom stereocenters. The number of ether oxygens (including phenoxy) is 1. The first-order valence-corrected chi connectivity index (χ1v) is 7.03. The molecule has 1 rings (SSSR count). The Morgan fingerprint density at radius 2 is 2.10 bits per heavy atom. The van der Waals surface area contributed by atoms with E-state index < -0.39 is 0 Å². The molecule has 1 aliphatic rings. The van der Waals surface area contributed by atoms with Gasteiger partial charge in [0, 0.05) is 26.7 Å². The van der Waals surface area contributed by atoms with E-state index in [-0.39, 0.29) is 35.9 Å². The number of carbonyl (C=O) groups excluding carboxylic acids is 1. The number of halogens is 1. The van der Waals surface area contributed by atoms with Crippen molar-refractivity contribution in [3.05, 3.63) is 0 Å². The number of aliphatic imine (C=N–C) groups is 1. The third-order valence-electron chi connectivity index (χ3n) is 3.63. The van der Waals surface area contributed by atoms with Crippen molar-refractivity contribution in [2.24, 2.45) is 22.7 Å². The highest BCUT2D eigenvalue weighted by Crippen LogP contribution is 2.24. The maximum absolute atomic E-state index is 11.7. The number of nitrogens with one attached hydrogen (secondary N) is 1. The fraction of sp³-hybridized carbons (Fsp3) is 0.857. The van der Waals surface area contributed by atoms with E-state index in [1.807, 2.05) is 0 Å². The lowest BCUT2D eigenvalue weighted by molar-refractivity contribution is -0.145. The van der Waals surface area contributed by atoms with Crippen LogP contribution in [0.5, 0.6) is 0 Å². The Hall–Kier alpha value is -0.530. The lowest BCUT2D eigenvalue weighted by Gasteiger charge is -2.21. The van der Waals surface area contributed by atoms with E-state index in [1.165, 1.54) is 7.11 Å². The van der Waals surface area contributed by atoms with Crippen molar-refractivity contribution in [2.45, 2.75) is 27.2 Å². The van der Waals surface area contributed by atoms with Gasteiger partial charge in [0.05, 0.1) is 13.0 Å². The van der Waals surface area contributed by atoms with Gasteiger partial charge >= 0.3 is 5.97 Å². The van der Waals surface area contributed by atoms with Crippen LogP contribution < -0.4 is 5.32 Å². The zero-order chi connectivity index (χ0) is 14.4. The van der Waals surface area contributed by atoms with Crippen LogP contribution >= 0.6 is 24.0 Å². The number of methoxy groups -OCH3 is 1. The minimum absolute atomic E-state index is 0. The second-order valence-corrected chi connectivity index (χ2v) is 5.67. The molecule has 1 N–H and O–H groups in total. The van der Waals surface area contributed by atoms with Crippen molar-refractivity contribution in [2.75, 3.05) is 33.8 Å². The Kier molecular flexibility index (Phi) is 9.16. The molecule has 1 fully saturated rings. The van der Waals surface area contributed by atoms with Gasteiger partial charge in [0.2, 0.25) is 0 Å². The van der Waals surface area contributed by atoms with Crippen LogP contribution in [-0.4, -0.2) is 50.6 Å². The summed E-state index contributed by atoms with van der Waals surface area (Å²) in [5.74, 6) is 1.70. The molecule has 6 heteroatoms. The van der Waals surface area contributed by atoms with Gasteiger partial charge in [0.15, 0.2) is 5.96 Å². The molecular formula is C14H28IN3O2. The molecule has 118 valence electrons. The molecule has 0 amide bonds. The van der Waals surface area contributed by atoms with Crippen LogP contribution in [0.1, 0.15) is 27.2 Å². The van der Waals surface area contributed by atoms with Crippen molar-refractivity contribution in [1.29, 1.82) is 0 Å². The SMILES string of the molecule is CN=C(NCCC(C)C)N1CC(C)C(C(=O)OC)C1.I. The number of nitrogens with zero attached hydrogens (tertiary/aromatic N) is 2. The van der Waals surface area contributed by atoms with Crippen molar-refractivity contribution in [3.63, 3.8) is 0 Å². The van der Waals surface area contributed by atoms with Crippen LogP contribution in [0.25, 0.3) is 0 Å². The Balaban J connectivity index is 0.00000361. The van der Waals surface area contributed by atoms with Crippen LogP contribution in [-0.2, 0) is 9.53 Å². The zero-order valence-electron chi connectivity index (χ0n) is 13.2. The fourth-order valence-electron chi connectivity index (χ4n) is 2.40. The largest absolute Gasteiger partial charge is 0.469 e. The Labute approximate surface area is 139 Å². The molecule has 0 aromatic heterocycles. The van der Waals surface area contributed by atoms with Gasteiger partial charge < -0.3 is 15.0 Å². The molecule has 2 atom stereocenters. The minimum atomic E-state index is -0.118. The smallest absolute Gasteiger partial charge is 0.310 e. The third kappa shape index (κ3) is 5.46. The number of likely N-dealkylation sites (tertiary alicyclic amines) is 1. The summed E-state index contributed by atoms with van der Waals surface area (Å²) in [6, 6.07) is 0.